The van der Waals surface area contributed by atoms with E-state index in [0.717, 1.165) is 18.5 Å². The van der Waals surface area contributed by atoms with E-state index in [1.165, 1.54) is 0 Å². The SMILES string of the molecule is CC(=O)CCCc1cnc[nH]1. The number of imidazole rings is 1. The third kappa shape index (κ3) is 2.98. The molecule has 0 fully saturated rings. The van der Waals surface area contributed by atoms with E-state index < -0.39 is 0 Å². The van der Waals surface area contributed by atoms with Crippen molar-refractivity contribution in [3.8, 4) is 0 Å². The molecule has 0 aliphatic rings. The minimum absolute atomic E-state index is 0.254. The van der Waals surface area contributed by atoms with Crippen LogP contribution < -0.4 is 0 Å². The van der Waals surface area contributed by atoms with Crippen LogP contribution in [0.1, 0.15) is 25.5 Å². The molecule has 0 aliphatic heterocycles. The third-order valence-electron chi connectivity index (χ3n) is 1.53. The number of nitrogens with one attached hydrogen (secondary N) is 1. The molecule has 0 aliphatic carbocycles. The van der Waals surface area contributed by atoms with Crippen LogP contribution in [0.3, 0.4) is 0 Å². The largest absolute Gasteiger partial charge is 0.348 e. The summed E-state index contributed by atoms with van der Waals surface area (Å²) in [6.07, 6.45) is 5.94. The van der Waals surface area contributed by atoms with Gasteiger partial charge in [0.05, 0.1) is 6.33 Å². The molecule has 0 saturated heterocycles. The summed E-state index contributed by atoms with van der Waals surface area (Å²) in [7, 11) is 0. The van der Waals surface area contributed by atoms with Gasteiger partial charge in [0.1, 0.15) is 5.78 Å². The van der Waals surface area contributed by atoms with Gasteiger partial charge in [-0.3, -0.25) is 0 Å². The molecule has 1 aromatic heterocycles. The number of hydrogen-bond donors (Lipinski definition) is 1. The Hall–Kier alpha value is -1.12. The molecule has 1 aromatic rings. The summed E-state index contributed by atoms with van der Waals surface area (Å²) in [4.78, 5) is 17.4. The van der Waals surface area contributed by atoms with Gasteiger partial charge in [0, 0.05) is 18.3 Å². The van der Waals surface area contributed by atoms with Crippen molar-refractivity contribution >= 4 is 5.78 Å². The van der Waals surface area contributed by atoms with Crippen LogP contribution in [0.5, 0.6) is 0 Å². The Kier molecular flexibility index (Phi) is 2.83. The number of aryl methyl sites for hydroxylation is 1. The molecule has 0 amide bonds. The molecule has 11 heavy (non-hydrogen) atoms. The number of carbonyl (C=O) groups excluding carboxylic acids is 1. The van der Waals surface area contributed by atoms with Gasteiger partial charge >= 0.3 is 0 Å². The van der Waals surface area contributed by atoms with Gasteiger partial charge in [-0.25, -0.2) is 4.98 Å². The lowest BCUT2D eigenvalue weighted by Gasteiger charge is -1.93. The van der Waals surface area contributed by atoms with Crippen LogP contribution in [0, 0.1) is 0 Å². The highest BCUT2D eigenvalue weighted by Crippen LogP contribution is 1.99. The normalized spacial score (nSPS) is 9.91. The third-order valence-corrected chi connectivity index (χ3v) is 1.53. The van der Waals surface area contributed by atoms with E-state index in [0.29, 0.717) is 6.42 Å². The van der Waals surface area contributed by atoms with Crippen LogP contribution in [-0.2, 0) is 11.2 Å². The van der Waals surface area contributed by atoms with Gasteiger partial charge in [-0.2, -0.15) is 0 Å². The minimum Gasteiger partial charge on any atom is -0.348 e. The Bertz CT molecular complexity index is 216. The number of nitrogens with zero attached hydrogens (tertiary/aromatic N) is 1. The zero-order chi connectivity index (χ0) is 8.10. The second-order valence-electron chi connectivity index (χ2n) is 2.63. The van der Waals surface area contributed by atoms with Crippen LogP contribution in [0.4, 0.5) is 0 Å². The van der Waals surface area contributed by atoms with Crippen molar-refractivity contribution in [1.29, 1.82) is 0 Å². The van der Waals surface area contributed by atoms with Crippen molar-refractivity contribution in [3.05, 3.63) is 18.2 Å². The van der Waals surface area contributed by atoms with Crippen LogP contribution in [0.15, 0.2) is 12.5 Å². The Morgan fingerprint density at radius 2 is 2.55 bits per heavy atom. The number of H-pyrrole nitrogens is 1. The Morgan fingerprint density at radius 1 is 1.73 bits per heavy atom. The second kappa shape index (κ2) is 3.91. The molecule has 60 valence electrons. The van der Waals surface area contributed by atoms with Gasteiger partial charge in [-0.1, -0.05) is 0 Å². The summed E-state index contributed by atoms with van der Waals surface area (Å²) in [5.41, 5.74) is 1.10. The molecule has 0 atom stereocenters. The zero-order valence-corrected chi connectivity index (χ0v) is 6.63. The summed E-state index contributed by atoms with van der Waals surface area (Å²) in [6, 6.07) is 0. The maximum Gasteiger partial charge on any atom is 0.129 e. The molecule has 0 spiro atoms. The van der Waals surface area contributed by atoms with E-state index in [4.69, 9.17) is 0 Å². The second-order valence-corrected chi connectivity index (χ2v) is 2.63. The number of hydrogen-bond acceptors (Lipinski definition) is 2. The Labute approximate surface area is 65.8 Å². The lowest BCUT2D eigenvalue weighted by atomic mass is 10.1. The smallest absolute Gasteiger partial charge is 0.129 e. The van der Waals surface area contributed by atoms with E-state index in [-0.39, 0.29) is 5.78 Å². The highest BCUT2D eigenvalue weighted by molar-refractivity contribution is 5.75. The number of rotatable bonds is 4. The van der Waals surface area contributed by atoms with E-state index in [2.05, 4.69) is 9.97 Å². The van der Waals surface area contributed by atoms with E-state index in [9.17, 15) is 4.79 Å². The van der Waals surface area contributed by atoms with E-state index in [1.54, 1.807) is 19.4 Å². The lowest BCUT2D eigenvalue weighted by Crippen LogP contribution is -1.92. The molecule has 1 N–H and O–H groups in total. The average molecular weight is 152 g/mol. The van der Waals surface area contributed by atoms with Gasteiger partial charge in [-0.15, -0.1) is 0 Å². The van der Waals surface area contributed by atoms with Gasteiger partial charge in [-0.05, 0) is 19.8 Å². The Morgan fingerprint density at radius 3 is 3.09 bits per heavy atom. The fraction of sp³-hybridized carbons (Fsp3) is 0.500. The van der Waals surface area contributed by atoms with Crippen LogP contribution >= 0.6 is 0 Å². The average Bonchev–Trinajstić information content (AvgIpc) is 2.39. The number of Topliss-reactive ketones (excluding diaryl/α,β-unsaturated/α-hetero) is 1. The highest BCUT2D eigenvalue weighted by atomic mass is 16.1. The van der Waals surface area contributed by atoms with Gasteiger partial charge in [0.2, 0.25) is 0 Å². The molecule has 3 nitrogen and oxygen atoms in total. The van der Waals surface area contributed by atoms with Crippen LogP contribution in [0.25, 0.3) is 0 Å². The summed E-state index contributed by atoms with van der Waals surface area (Å²) in [5.74, 6) is 0.254. The lowest BCUT2D eigenvalue weighted by molar-refractivity contribution is -0.117. The van der Waals surface area contributed by atoms with E-state index >= 15 is 0 Å². The highest BCUT2D eigenvalue weighted by Gasteiger charge is 1.95. The quantitative estimate of drug-likeness (QED) is 0.707. The number of aromatic nitrogens is 2. The van der Waals surface area contributed by atoms with Gasteiger partial charge < -0.3 is 9.78 Å². The predicted octanol–water partition coefficient (Wildman–Crippen LogP) is 1.32. The summed E-state index contributed by atoms with van der Waals surface area (Å²) in [5, 5.41) is 0. The first-order valence-corrected chi connectivity index (χ1v) is 3.75. The van der Waals surface area contributed by atoms with Crippen molar-refractivity contribution in [2.75, 3.05) is 0 Å². The van der Waals surface area contributed by atoms with Crippen molar-refractivity contribution < 1.29 is 4.79 Å². The fourth-order valence-electron chi connectivity index (χ4n) is 0.949. The number of carbonyl (C=O) groups is 1. The van der Waals surface area contributed by atoms with Crippen LogP contribution in [-0.4, -0.2) is 15.8 Å². The molecule has 0 unspecified atom stereocenters. The summed E-state index contributed by atoms with van der Waals surface area (Å²) < 4.78 is 0. The fourth-order valence-corrected chi connectivity index (χ4v) is 0.949. The molecule has 0 aromatic carbocycles. The van der Waals surface area contributed by atoms with Crippen molar-refractivity contribution in [3.63, 3.8) is 0 Å². The monoisotopic (exact) mass is 152 g/mol. The topological polar surface area (TPSA) is 45.8 Å². The van der Waals surface area contributed by atoms with Crippen molar-refractivity contribution in [2.45, 2.75) is 26.2 Å². The predicted molar refractivity (Wildman–Crippen MR) is 42.2 cm³/mol. The van der Waals surface area contributed by atoms with Crippen molar-refractivity contribution in [2.24, 2.45) is 0 Å². The zero-order valence-electron chi connectivity index (χ0n) is 6.63. The standard InChI is InChI=1S/C8H12N2O/c1-7(11)3-2-4-8-5-9-6-10-8/h5-6H,2-4H2,1H3,(H,9,10). The molecule has 0 bridgehead atoms. The first-order chi connectivity index (χ1) is 5.29. The van der Waals surface area contributed by atoms with Crippen molar-refractivity contribution in [1.82, 2.24) is 9.97 Å². The first kappa shape index (κ1) is 7.98. The maximum atomic E-state index is 10.5. The molecule has 1 rings (SSSR count). The molecular weight excluding hydrogens is 140 g/mol. The minimum atomic E-state index is 0.254. The molecule has 3 heteroatoms. The van der Waals surface area contributed by atoms with Gasteiger partial charge in [0.15, 0.2) is 0 Å². The summed E-state index contributed by atoms with van der Waals surface area (Å²) >= 11 is 0. The summed E-state index contributed by atoms with van der Waals surface area (Å²) in [6.45, 7) is 1.62. The molecule has 0 saturated carbocycles. The molecular formula is C8H12N2O. The molecule has 1 heterocycles. The Balaban J connectivity index is 2.19. The van der Waals surface area contributed by atoms with Gasteiger partial charge in [0.25, 0.3) is 0 Å². The van der Waals surface area contributed by atoms with E-state index in [1.807, 2.05) is 0 Å². The number of ketones is 1. The van der Waals surface area contributed by atoms with Crippen LogP contribution in [0.2, 0.25) is 0 Å². The first-order valence-electron chi connectivity index (χ1n) is 3.75. The maximum absolute atomic E-state index is 10.5. The number of aromatic amines is 1. The molecule has 0 radical (unpaired) electrons.